The van der Waals surface area contributed by atoms with Gasteiger partial charge in [-0.2, -0.15) is 9.78 Å². The molecule has 0 saturated heterocycles. The molecule has 2 rings (SSSR count). The highest BCUT2D eigenvalue weighted by atomic mass is 35.5. The van der Waals surface area contributed by atoms with E-state index in [0.717, 1.165) is 16.3 Å². The van der Waals surface area contributed by atoms with E-state index < -0.39 is 0 Å². The Kier molecular flexibility index (Phi) is 4.71. The van der Waals surface area contributed by atoms with Gasteiger partial charge in [-0.1, -0.05) is 47.4 Å². The molecule has 20 heavy (non-hydrogen) atoms. The lowest BCUT2D eigenvalue weighted by molar-refractivity contribution is 0.370. The molecule has 0 fully saturated rings. The van der Waals surface area contributed by atoms with Crippen molar-refractivity contribution in [2.45, 2.75) is 13.3 Å². The zero-order valence-electron chi connectivity index (χ0n) is 10.5. The number of benzene rings is 1. The molecule has 7 heteroatoms. The first kappa shape index (κ1) is 14.9. The second-order valence-corrected chi connectivity index (χ2v) is 5.59. The Morgan fingerprint density at radius 1 is 1.45 bits per heavy atom. The molecule has 104 valence electrons. The summed E-state index contributed by atoms with van der Waals surface area (Å²) in [6.07, 6.45) is 5.82. The van der Waals surface area contributed by atoms with Gasteiger partial charge in [0.25, 0.3) is 0 Å². The molecule has 0 bridgehead atoms. The summed E-state index contributed by atoms with van der Waals surface area (Å²) in [5, 5.41) is 5.58. The highest BCUT2D eigenvalue weighted by molar-refractivity contribution is 7.08. The largest absolute Gasteiger partial charge is 0.479 e. The topological polar surface area (TPSA) is 44.1 Å². The second-order valence-electron chi connectivity index (χ2n) is 3.75. The lowest BCUT2D eigenvalue weighted by atomic mass is 10.3. The van der Waals surface area contributed by atoms with Crippen molar-refractivity contribution in [3.05, 3.63) is 36.9 Å². The van der Waals surface area contributed by atoms with Gasteiger partial charge in [0.2, 0.25) is 0 Å². The van der Waals surface area contributed by atoms with E-state index in [1.807, 2.05) is 6.92 Å². The van der Waals surface area contributed by atoms with Crippen LogP contribution in [0.3, 0.4) is 0 Å². The van der Waals surface area contributed by atoms with Crippen molar-refractivity contribution in [3.63, 3.8) is 0 Å². The van der Waals surface area contributed by atoms with Gasteiger partial charge in [0.1, 0.15) is 17.4 Å². The molecule has 0 atom stereocenters. The van der Waals surface area contributed by atoms with E-state index in [1.165, 1.54) is 10.7 Å². The normalized spacial score (nSPS) is 10.3. The highest BCUT2D eigenvalue weighted by Crippen LogP contribution is 2.32. The third-order valence-electron chi connectivity index (χ3n) is 2.43. The van der Waals surface area contributed by atoms with Crippen molar-refractivity contribution >= 4 is 34.5 Å². The third kappa shape index (κ3) is 2.98. The molecule has 1 aromatic heterocycles. The zero-order valence-corrected chi connectivity index (χ0v) is 12.8. The summed E-state index contributed by atoms with van der Waals surface area (Å²) >= 11 is 13.2. The molecule has 0 unspecified atom stereocenters. The van der Waals surface area contributed by atoms with Gasteiger partial charge >= 0.3 is 4.87 Å². The van der Waals surface area contributed by atoms with Crippen molar-refractivity contribution < 1.29 is 4.74 Å². The van der Waals surface area contributed by atoms with Crippen LogP contribution in [0.1, 0.15) is 11.9 Å². The highest BCUT2D eigenvalue weighted by Gasteiger charge is 2.14. The fourth-order valence-electron chi connectivity index (χ4n) is 1.52. The molecule has 0 amide bonds. The van der Waals surface area contributed by atoms with Gasteiger partial charge in [-0.25, -0.2) is 0 Å². The van der Waals surface area contributed by atoms with Crippen LogP contribution in [0.5, 0.6) is 5.75 Å². The molecule has 0 aliphatic heterocycles. The molecule has 0 saturated carbocycles. The number of hydrogen-bond donors (Lipinski definition) is 0. The number of nitrogens with zero attached hydrogens (tertiary/aromatic N) is 2. The van der Waals surface area contributed by atoms with Crippen molar-refractivity contribution in [2.24, 2.45) is 0 Å². The number of hydrogen-bond acceptors (Lipinski definition) is 4. The SMILES string of the molecule is C#CCOc1cc(-n2nc(CC)sc2=O)c(Cl)cc1Cl. The monoisotopic (exact) mass is 328 g/mol. The average Bonchev–Trinajstić information content (AvgIpc) is 2.79. The van der Waals surface area contributed by atoms with Crippen molar-refractivity contribution in [3.8, 4) is 23.8 Å². The molecule has 0 spiro atoms. The van der Waals surface area contributed by atoms with E-state index in [-0.39, 0.29) is 11.5 Å². The summed E-state index contributed by atoms with van der Waals surface area (Å²) in [7, 11) is 0. The maximum atomic E-state index is 11.9. The summed E-state index contributed by atoms with van der Waals surface area (Å²) in [6.45, 7) is 2.00. The minimum Gasteiger partial charge on any atom is -0.479 e. The summed E-state index contributed by atoms with van der Waals surface area (Å²) in [5.74, 6) is 2.71. The van der Waals surface area contributed by atoms with Crippen molar-refractivity contribution in [1.82, 2.24) is 9.78 Å². The van der Waals surface area contributed by atoms with Gasteiger partial charge in [0, 0.05) is 6.07 Å². The minimum absolute atomic E-state index is 0.0764. The lowest BCUT2D eigenvalue weighted by Gasteiger charge is -2.09. The fourth-order valence-corrected chi connectivity index (χ4v) is 2.73. The summed E-state index contributed by atoms with van der Waals surface area (Å²) < 4.78 is 6.55. The van der Waals surface area contributed by atoms with Crippen LogP contribution >= 0.6 is 34.5 Å². The Hall–Kier alpha value is -1.48. The number of ether oxygens (including phenoxy) is 1. The average molecular weight is 329 g/mol. The van der Waals surface area contributed by atoms with Crippen LogP contribution in [-0.4, -0.2) is 16.4 Å². The number of rotatable bonds is 4. The van der Waals surface area contributed by atoms with Gasteiger partial charge in [-0.05, 0) is 12.5 Å². The number of aryl methyl sites for hydroxylation is 1. The van der Waals surface area contributed by atoms with E-state index >= 15 is 0 Å². The minimum atomic E-state index is -0.214. The molecule has 1 aromatic carbocycles. The van der Waals surface area contributed by atoms with E-state index in [4.69, 9.17) is 34.4 Å². The zero-order chi connectivity index (χ0) is 14.7. The fraction of sp³-hybridized carbons (Fsp3) is 0.231. The van der Waals surface area contributed by atoms with Gasteiger partial charge in [0.05, 0.1) is 15.7 Å². The van der Waals surface area contributed by atoms with Crippen LogP contribution in [0.4, 0.5) is 0 Å². The Morgan fingerprint density at radius 2 is 2.20 bits per heavy atom. The quantitative estimate of drug-likeness (QED) is 0.809. The molecule has 4 nitrogen and oxygen atoms in total. The van der Waals surface area contributed by atoms with Crippen LogP contribution in [0.25, 0.3) is 5.69 Å². The predicted octanol–water partition coefficient (Wildman–Crippen LogP) is 3.18. The van der Waals surface area contributed by atoms with Crippen molar-refractivity contribution in [2.75, 3.05) is 6.61 Å². The summed E-state index contributed by atoms with van der Waals surface area (Å²) in [4.78, 5) is 11.7. The Morgan fingerprint density at radius 3 is 2.80 bits per heavy atom. The molecule has 1 heterocycles. The molecule has 0 N–H and O–H groups in total. The van der Waals surface area contributed by atoms with Gasteiger partial charge in [-0.3, -0.25) is 4.79 Å². The molecule has 0 radical (unpaired) electrons. The molecular formula is C13H10Cl2N2O2S. The molecule has 0 aliphatic rings. The van der Waals surface area contributed by atoms with E-state index in [0.29, 0.717) is 27.9 Å². The van der Waals surface area contributed by atoms with E-state index in [2.05, 4.69) is 11.0 Å². The second kappa shape index (κ2) is 6.31. The van der Waals surface area contributed by atoms with E-state index in [1.54, 1.807) is 6.07 Å². The lowest BCUT2D eigenvalue weighted by Crippen LogP contribution is -2.13. The third-order valence-corrected chi connectivity index (χ3v) is 3.98. The predicted molar refractivity (Wildman–Crippen MR) is 81.4 cm³/mol. The Labute approximate surface area is 129 Å². The van der Waals surface area contributed by atoms with Gasteiger partial charge in [-0.15, -0.1) is 6.42 Å². The van der Waals surface area contributed by atoms with Gasteiger partial charge < -0.3 is 4.74 Å². The first-order chi connectivity index (χ1) is 9.56. The van der Waals surface area contributed by atoms with Crippen LogP contribution in [0.2, 0.25) is 10.0 Å². The van der Waals surface area contributed by atoms with Crippen LogP contribution in [0, 0.1) is 12.3 Å². The first-order valence-corrected chi connectivity index (χ1v) is 7.28. The maximum Gasteiger partial charge on any atom is 0.329 e. The standard InChI is InChI=1S/C13H10Cl2N2O2S/c1-3-5-19-11-7-10(8(14)6-9(11)15)17-13(18)20-12(4-2)16-17/h1,6-7H,4-5H2,2H3. The van der Waals surface area contributed by atoms with Gasteiger partial charge in [0.15, 0.2) is 0 Å². The van der Waals surface area contributed by atoms with Crippen LogP contribution < -0.4 is 9.61 Å². The molecule has 2 aromatic rings. The van der Waals surface area contributed by atoms with Crippen LogP contribution in [0.15, 0.2) is 16.9 Å². The van der Waals surface area contributed by atoms with Crippen LogP contribution in [-0.2, 0) is 6.42 Å². The smallest absolute Gasteiger partial charge is 0.329 e. The Balaban J connectivity index is 2.53. The van der Waals surface area contributed by atoms with Crippen molar-refractivity contribution in [1.29, 1.82) is 0 Å². The maximum absolute atomic E-state index is 11.9. The summed E-state index contributed by atoms with van der Waals surface area (Å²) in [6, 6.07) is 3.06. The summed E-state index contributed by atoms with van der Waals surface area (Å²) in [5.41, 5.74) is 0.420. The number of terminal acetylenes is 1. The molecule has 0 aliphatic carbocycles. The molecular weight excluding hydrogens is 319 g/mol. The van der Waals surface area contributed by atoms with E-state index in [9.17, 15) is 4.79 Å². The number of aromatic nitrogens is 2. The Bertz CT molecular complexity index is 731. The first-order valence-electron chi connectivity index (χ1n) is 5.71. The number of halogens is 2.